The quantitative estimate of drug-likeness (QED) is 0.397. The minimum Gasteiger partial charge on any atom is -0.298 e. The molecule has 0 saturated carbocycles. The minimum absolute atomic E-state index is 0.359. The van der Waals surface area contributed by atoms with Gasteiger partial charge in [0.2, 0.25) is 0 Å². The molecule has 0 rings (SSSR count). The maximum absolute atomic E-state index is 2.72. The van der Waals surface area contributed by atoms with E-state index in [0.717, 1.165) is 5.92 Å². The van der Waals surface area contributed by atoms with E-state index in [9.17, 15) is 0 Å². The molecule has 0 aliphatic rings. The first kappa shape index (κ1) is 24.0. The summed E-state index contributed by atoms with van der Waals surface area (Å²) in [5, 5.41) is 0. The van der Waals surface area contributed by atoms with E-state index >= 15 is 0 Å². The van der Waals surface area contributed by atoms with Gasteiger partial charge in [0.05, 0.1) is 0 Å². The van der Waals surface area contributed by atoms with Crippen molar-refractivity contribution in [3.8, 4) is 0 Å². The molecule has 0 aromatic rings. The summed E-state index contributed by atoms with van der Waals surface area (Å²) in [5.74, 6) is 0.842. The first-order chi connectivity index (χ1) is 10.7. The van der Waals surface area contributed by atoms with Crippen LogP contribution >= 0.6 is 0 Å². The maximum Gasteiger partial charge on any atom is 0.0209 e. The van der Waals surface area contributed by atoms with E-state index in [-0.39, 0.29) is 0 Å². The summed E-state index contributed by atoms with van der Waals surface area (Å²) in [6.07, 6.45) is 9.31. The van der Waals surface area contributed by atoms with Crippen molar-refractivity contribution in [1.82, 2.24) is 4.90 Å². The number of hydrogen-bond donors (Lipinski definition) is 0. The molecular weight excluding hydrogens is 290 g/mol. The van der Waals surface area contributed by atoms with Crippen LogP contribution in [0.15, 0.2) is 0 Å². The molecule has 0 amide bonds. The van der Waals surface area contributed by atoms with Crippen molar-refractivity contribution in [3.05, 3.63) is 0 Å². The molecule has 24 heavy (non-hydrogen) atoms. The van der Waals surface area contributed by atoms with Gasteiger partial charge in [-0.15, -0.1) is 0 Å². The Hall–Kier alpha value is -0.0400. The zero-order valence-corrected chi connectivity index (χ0v) is 19.1. The van der Waals surface area contributed by atoms with E-state index in [1.807, 2.05) is 0 Å². The van der Waals surface area contributed by atoms with E-state index in [1.54, 1.807) is 0 Å². The molecule has 0 bridgehead atoms. The lowest BCUT2D eigenvalue weighted by Gasteiger charge is -2.47. The third-order valence-electron chi connectivity index (χ3n) is 6.00. The lowest BCUT2D eigenvalue weighted by Crippen LogP contribution is -2.51. The van der Waals surface area contributed by atoms with Gasteiger partial charge in [0.25, 0.3) is 0 Å². The second-order valence-electron chi connectivity index (χ2n) is 11.1. The van der Waals surface area contributed by atoms with Crippen LogP contribution in [0.1, 0.15) is 114 Å². The predicted molar refractivity (Wildman–Crippen MR) is 112 cm³/mol. The van der Waals surface area contributed by atoms with Crippen LogP contribution in [-0.4, -0.2) is 23.5 Å². The molecule has 0 aliphatic carbocycles. The van der Waals surface area contributed by atoms with Gasteiger partial charge in [0.1, 0.15) is 0 Å². The second kappa shape index (κ2) is 9.60. The molecule has 1 unspecified atom stereocenters. The Kier molecular flexibility index (Phi) is 9.58. The Morgan fingerprint density at radius 2 is 1.12 bits per heavy atom. The number of hydrogen-bond acceptors (Lipinski definition) is 1. The first-order valence-electron chi connectivity index (χ1n) is 10.5. The monoisotopic (exact) mass is 339 g/mol. The summed E-state index contributed by atoms with van der Waals surface area (Å²) < 4.78 is 0. The largest absolute Gasteiger partial charge is 0.298 e. The molecule has 0 saturated heterocycles. The SMILES string of the molecule is CCC(C)CCC(CCC(C)(C)C)(CCC(C)(C)C)N(C)C(C)C. The van der Waals surface area contributed by atoms with Crippen LogP contribution in [0.5, 0.6) is 0 Å². The molecule has 0 spiro atoms. The molecule has 1 atom stereocenters. The highest BCUT2D eigenvalue weighted by Crippen LogP contribution is 2.40. The van der Waals surface area contributed by atoms with Gasteiger partial charge in [-0.25, -0.2) is 0 Å². The summed E-state index contributed by atoms with van der Waals surface area (Å²) >= 11 is 0. The van der Waals surface area contributed by atoms with Gasteiger partial charge in [-0.05, 0) is 76.2 Å². The van der Waals surface area contributed by atoms with E-state index in [4.69, 9.17) is 0 Å². The van der Waals surface area contributed by atoms with Crippen LogP contribution in [0, 0.1) is 16.7 Å². The Morgan fingerprint density at radius 3 is 1.42 bits per heavy atom. The van der Waals surface area contributed by atoms with E-state index in [1.165, 1.54) is 44.9 Å². The van der Waals surface area contributed by atoms with Crippen molar-refractivity contribution in [2.75, 3.05) is 7.05 Å². The van der Waals surface area contributed by atoms with Crippen molar-refractivity contribution >= 4 is 0 Å². The van der Waals surface area contributed by atoms with Crippen molar-refractivity contribution in [2.45, 2.75) is 126 Å². The van der Waals surface area contributed by atoms with E-state index in [2.05, 4.69) is 81.2 Å². The molecule has 0 aromatic heterocycles. The average molecular weight is 340 g/mol. The molecule has 0 radical (unpaired) electrons. The number of rotatable bonds is 10. The van der Waals surface area contributed by atoms with Crippen LogP contribution in [-0.2, 0) is 0 Å². The summed E-state index contributed by atoms with van der Waals surface area (Å²) in [6.45, 7) is 23.9. The van der Waals surface area contributed by atoms with Gasteiger partial charge < -0.3 is 0 Å². The molecule has 1 nitrogen and oxygen atoms in total. The minimum atomic E-state index is 0.359. The fourth-order valence-corrected chi connectivity index (χ4v) is 3.39. The first-order valence-corrected chi connectivity index (χ1v) is 10.5. The normalized spacial score (nSPS) is 15.4. The fraction of sp³-hybridized carbons (Fsp3) is 1.00. The number of nitrogens with zero attached hydrogens (tertiary/aromatic N) is 1. The molecule has 0 aromatic carbocycles. The lowest BCUT2D eigenvalue weighted by molar-refractivity contribution is 0.0339. The molecule has 0 heterocycles. The standard InChI is InChI=1S/C23H49N/c1-12-20(4)13-14-23(24(11)19(2)3,17-15-21(5,6)7)18-16-22(8,9)10/h19-20H,12-18H2,1-11H3. The zero-order valence-electron chi connectivity index (χ0n) is 19.1. The van der Waals surface area contributed by atoms with Crippen molar-refractivity contribution in [1.29, 1.82) is 0 Å². The predicted octanol–water partition coefficient (Wildman–Crippen LogP) is 7.54. The topological polar surface area (TPSA) is 3.24 Å². The molecule has 0 N–H and O–H groups in total. The average Bonchev–Trinajstić information content (AvgIpc) is 2.43. The van der Waals surface area contributed by atoms with Gasteiger partial charge in [0.15, 0.2) is 0 Å². The van der Waals surface area contributed by atoms with Gasteiger partial charge in [-0.3, -0.25) is 4.90 Å². The zero-order chi connectivity index (χ0) is 19.2. The summed E-state index contributed by atoms with van der Waals surface area (Å²) in [6, 6.07) is 0.613. The molecule has 0 aliphatic heterocycles. The van der Waals surface area contributed by atoms with E-state index < -0.39 is 0 Å². The van der Waals surface area contributed by atoms with Gasteiger partial charge in [-0.1, -0.05) is 61.8 Å². The Morgan fingerprint density at radius 1 is 0.708 bits per heavy atom. The highest BCUT2D eigenvalue weighted by molar-refractivity contribution is 4.93. The van der Waals surface area contributed by atoms with Crippen LogP contribution in [0.4, 0.5) is 0 Å². The van der Waals surface area contributed by atoms with Crippen molar-refractivity contribution in [2.24, 2.45) is 16.7 Å². The van der Waals surface area contributed by atoms with Crippen molar-refractivity contribution in [3.63, 3.8) is 0 Å². The Bertz CT molecular complexity index is 311. The highest BCUT2D eigenvalue weighted by Gasteiger charge is 2.37. The Labute approximate surface area is 155 Å². The van der Waals surface area contributed by atoms with Crippen LogP contribution < -0.4 is 0 Å². The molecule has 0 fully saturated rings. The third kappa shape index (κ3) is 9.44. The van der Waals surface area contributed by atoms with E-state index in [0.29, 0.717) is 22.4 Å². The van der Waals surface area contributed by atoms with Crippen LogP contribution in [0.3, 0.4) is 0 Å². The van der Waals surface area contributed by atoms with Gasteiger partial charge in [-0.2, -0.15) is 0 Å². The van der Waals surface area contributed by atoms with Crippen LogP contribution in [0.2, 0.25) is 0 Å². The lowest BCUT2D eigenvalue weighted by atomic mass is 9.73. The third-order valence-corrected chi connectivity index (χ3v) is 6.00. The van der Waals surface area contributed by atoms with Crippen LogP contribution in [0.25, 0.3) is 0 Å². The molecule has 146 valence electrons. The Balaban J connectivity index is 5.44. The molecular formula is C23H49N. The van der Waals surface area contributed by atoms with Gasteiger partial charge in [0, 0.05) is 11.6 Å². The highest BCUT2D eigenvalue weighted by atomic mass is 15.2. The van der Waals surface area contributed by atoms with Crippen molar-refractivity contribution < 1.29 is 0 Å². The maximum atomic E-state index is 2.72. The fourth-order valence-electron chi connectivity index (χ4n) is 3.39. The summed E-state index contributed by atoms with van der Waals surface area (Å²) in [4.78, 5) is 2.72. The molecule has 1 heteroatoms. The smallest absolute Gasteiger partial charge is 0.0209 e. The van der Waals surface area contributed by atoms with Gasteiger partial charge >= 0.3 is 0 Å². The summed E-state index contributed by atoms with van der Waals surface area (Å²) in [5.41, 5.74) is 1.19. The second-order valence-corrected chi connectivity index (χ2v) is 11.1. The summed E-state index contributed by atoms with van der Waals surface area (Å²) in [7, 11) is 2.38.